The lowest BCUT2D eigenvalue weighted by Gasteiger charge is -2.45. The third kappa shape index (κ3) is 5.29. The molecule has 210 valence electrons. The molecular weight excluding hydrogens is 519 g/mol. The van der Waals surface area contributed by atoms with Crippen molar-refractivity contribution in [1.29, 1.82) is 5.26 Å². The van der Waals surface area contributed by atoms with Crippen LogP contribution in [-0.2, 0) is 11.8 Å². The number of halogens is 1. The smallest absolute Gasteiger partial charge is 0.252 e. The van der Waals surface area contributed by atoms with E-state index in [0.29, 0.717) is 36.5 Å². The predicted molar refractivity (Wildman–Crippen MR) is 158 cm³/mol. The molecule has 0 spiro atoms. The van der Waals surface area contributed by atoms with E-state index in [1.807, 2.05) is 12.1 Å². The van der Waals surface area contributed by atoms with E-state index < -0.39 is 0 Å². The van der Waals surface area contributed by atoms with Crippen molar-refractivity contribution in [2.75, 3.05) is 55.7 Å². The summed E-state index contributed by atoms with van der Waals surface area (Å²) < 4.78 is 21.1. The molecule has 2 fully saturated rings. The highest BCUT2D eigenvalue weighted by atomic mass is 19.1. The van der Waals surface area contributed by atoms with E-state index >= 15 is 0 Å². The molecule has 4 heterocycles. The van der Waals surface area contributed by atoms with Gasteiger partial charge in [-0.05, 0) is 54.4 Å². The molecule has 2 aromatic carbocycles. The van der Waals surface area contributed by atoms with Crippen LogP contribution in [0.15, 0.2) is 71.5 Å². The highest BCUT2D eigenvalue weighted by Crippen LogP contribution is 2.35. The molecule has 0 saturated carbocycles. The molecule has 8 nitrogen and oxygen atoms in total. The molecule has 2 aromatic heterocycles. The quantitative estimate of drug-likeness (QED) is 0.369. The summed E-state index contributed by atoms with van der Waals surface area (Å²) in [5.74, 6) is -0.255. The topological polar surface area (TPSA) is 77.6 Å². The SMILES string of the molecule is C[C@H]1CN(C(c2ccc(F)cc2)c2cccc(N3CCOCC3)c2)CCN1c1cc(=O)n(C)c2ccc(C#N)nc12. The number of hydrogen-bond donors (Lipinski definition) is 0. The second-order valence-corrected chi connectivity index (χ2v) is 10.8. The molecule has 0 amide bonds. The van der Waals surface area contributed by atoms with Gasteiger partial charge >= 0.3 is 0 Å². The minimum Gasteiger partial charge on any atom is -0.378 e. The summed E-state index contributed by atoms with van der Waals surface area (Å²) in [6.45, 7) is 7.40. The van der Waals surface area contributed by atoms with Crippen LogP contribution in [0.4, 0.5) is 15.8 Å². The fourth-order valence-electron chi connectivity index (χ4n) is 6.14. The van der Waals surface area contributed by atoms with Gasteiger partial charge in [0.15, 0.2) is 0 Å². The van der Waals surface area contributed by atoms with Crippen LogP contribution in [-0.4, -0.2) is 66.4 Å². The summed E-state index contributed by atoms with van der Waals surface area (Å²) in [5, 5.41) is 9.47. The third-order valence-electron chi connectivity index (χ3n) is 8.26. The maximum Gasteiger partial charge on any atom is 0.252 e. The van der Waals surface area contributed by atoms with E-state index in [2.05, 4.69) is 56.9 Å². The van der Waals surface area contributed by atoms with Crippen LogP contribution < -0.4 is 15.4 Å². The number of hydrogen-bond acceptors (Lipinski definition) is 7. The molecule has 2 aliphatic rings. The third-order valence-corrected chi connectivity index (χ3v) is 8.26. The number of piperazine rings is 1. The first kappa shape index (κ1) is 26.9. The Kier molecular flexibility index (Phi) is 7.43. The number of anilines is 2. The number of benzene rings is 2. The van der Waals surface area contributed by atoms with Crippen molar-refractivity contribution in [3.8, 4) is 6.07 Å². The lowest BCUT2D eigenvalue weighted by molar-refractivity contribution is 0.122. The van der Waals surface area contributed by atoms with Crippen molar-refractivity contribution in [1.82, 2.24) is 14.5 Å². The van der Waals surface area contributed by atoms with Crippen LogP contribution in [0, 0.1) is 17.1 Å². The van der Waals surface area contributed by atoms with E-state index in [4.69, 9.17) is 4.74 Å². The van der Waals surface area contributed by atoms with Gasteiger partial charge in [-0.1, -0.05) is 24.3 Å². The van der Waals surface area contributed by atoms with Gasteiger partial charge in [-0.25, -0.2) is 9.37 Å². The lowest BCUT2D eigenvalue weighted by atomic mass is 9.94. The fraction of sp³-hybridized carbons (Fsp3) is 0.344. The standard InChI is InChI=1S/C32H33FN6O2/c1-22-21-38(12-13-39(22)29-19-30(40)36(2)28-11-10-26(20-34)35-31(28)29)32(23-6-8-25(33)9-7-23)24-4-3-5-27(18-24)37-14-16-41-17-15-37/h3-11,18-19,22,32H,12-17,21H2,1-2H3/t22-,32?/m0/s1. The van der Waals surface area contributed by atoms with Crippen molar-refractivity contribution in [3.05, 3.63) is 99.7 Å². The second kappa shape index (κ2) is 11.3. The number of rotatable bonds is 5. The van der Waals surface area contributed by atoms with Crippen molar-refractivity contribution in [3.63, 3.8) is 0 Å². The van der Waals surface area contributed by atoms with Crippen LogP contribution >= 0.6 is 0 Å². The van der Waals surface area contributed by atoms with Gasteiger partial charge in [0.25, 0.3) is 5.56 Å². The zero-order chi connectivity index (χ0) is 28.5. The molecule has 6 rings (SSSR count). The van der Waals surface area contributed by atoms with Crippen LogP contribution in [0.25, 0.3) is 11.0 Å². The number of nitrogens with zero attached hydrogens (tertiary/aromatic N) is 6. The highest BCUT2D eigenvalue weighted by molar-refractivity contribution is 5.89. The molecule has 0 N–H and O–H groups in total. The molecule has 2 aliphatic heterocycles. The van der Waals surface area contributed by atoms with Gasteiger partial charge in [-0.3, -0.25) is 9.69 Å². The summed E-state index contributed by atoms with van der Waals surface area (Å²) in [5.41, 5.74) is 5.66. The van der Waals surface area contributed by atoms with Gasteiger partial charge in [-0.2, -0.15) is 5.26 Å². The Balaban J connectivity index is 1.34. The Morgan fingerprint density at radius 2 is 1.78 bits per heavy atom. The lowest BCUT2D eigenvalue weighted by Crippen LogP contribution is -2.53. The van der Waals surface area contributed by atoms with E-state index in [-0.39, 0.29) is 23.5 Å². The molecule has 9 heteroatoms. The normalized spacial score (nSPS) is 18.8. The minimum atomic E-state index is -0.255. The number of aryl methyl sites for hydroxylation is 1. The maximum absolute atomic E-state index is 14.0. The highest BCUT2D eigenvalue weighted by Gasteiger charge is 2.32. The fourth-order valence-corrected chi connectivity index (χ4v) is 6.14. The molecular formula is C32H33FN6O2. The number of ether oxygens (including phenoxy) is 1. The van der Waals surface area contributed by atoms with Crippen LogP contribution in [0.2, 0.25) is 0 Å². The molecule has 2 saturated heterocycles. The summed E-state index contributed by atoms with van der Waals surface area (Å²) in [7, 11) is 1.72. The Hall–Kier alpha value is -4.26. The van der Waals surface area contributed by atoms with Crippen molar-refractivity contribution >= 4 is 22.4 Å². The monoisotopic (exact) mass is 552 g/mol. The van der Waals surface area contributed by atoms with Crippen LogP contribution in [0.1, 0.15) is 29.8 Å². The minimum absolute atomic E-state index is 0.0528. The van der Waals surface area contributed by atoms with E-state index in [9.17, 15) is 14.4 Å². The average Bonchev–Trinajstić information content (AvgIpc) is 3.01. The molecule has 0 aliphatic carbocycles. The number of fused-ring (bicyclic) bond motifs is 1. The van der Waals surface area contributed by atoms with Crippen LogP contribution in [0.5, 0.6) is 0 Å². The van der Waals surface area contributed by atoms with Gasteiger partial charge < -0.3 is 19.1 Å². The van der Waals surface area contributed by atoms with E-state index in [1.54, 1.807) is 29.8 Å². The van der Waals surface area contributed by atoms with E-state index in [0.717, 1.165) is 48.7 Å². The van der Waals surface area contributed by atoms with Gasteiger partial charge in [0, 0.05) is 57.6 Å². The molecule has 0 bridgehead atoms. The number of morpholine rings is 1. The molecule has 41 heavy (non-hydrogen) atoms. The first-order valence-corrected chi connectivity index (χ1v) is 14.0. The number of pyridine rings is 2. The average molecular weight is 553 g/mol. The van der Waals surface area contributed by atoms with Gasteiger partial charge in [0.2, 0.25) is 0 Å². The molecule has 1 unspecified atom stereocenters. The summed E-state index contributed by atoms with van der Waals surface area (Å²) in [6, 6.07) is 22.6. The zero-order valence-electron chi connectivity index (χ0n) is 23.3. The summed E-state index contributed by atoms with van der Waals surface area (Å²) in [4.78, 5) is 24.5. The number of aromatic nitrogens is 2. The Morgan fingerprint density at radius 1 is 1.00 bits per heavy atom. The second-order valence-electron chi connectivity index (χ2n) is 10.8. The van der Waals surface area contributed by atoms with Crippen molar-refractivity contribution < 1.29 is 9.13 Å². The molecule has 0 radical (unpaired) electrons. The van der Waals surface area contributed by atoms with Gasteiger partial charge in [0.05, 0.1) is 30.5 Å². The summed E-state index contributed by atoms with van der Waals surface area (Å²) in [6.07, 6.45) is 0. The largest absolute Gasteiger partial charge is 0.378 e. The zero-order valence-corrected chi connectivity index (χ0v) is 23.3. The van der Waals surface area contributed by atoms with Gasteiger partial charge in [-0.15, -0.1) is 0 Å². The summed E-state index contributed by atoms with van der Waals surface area (Å²) >= 11 is 0. The maximum atomic E-state index is 14.0. The Bertz CT molecular complexity index is 1660. The van der Waals surface area contributed by atoms with Crippen molar-refractivity contribution in [2.24, 2.45) is 7.05 Å². The predicted octanol–water partition coefficient (Wildman–Crippen LogP) is 4.08. The molecule has 4 aromatic rings. The number of nitriles is 1. The Labute approximate surface area is 238 Å². The first-order chi connectivity index (χ1) is 19.9. The van der Waals surface area contributed by atoms with Crippen molar-refractivity contribution in [2.45, 2.75) is 19.0 Å². The van der Waals surface area contributed by atoms with E-state index in [1.165, 1.54) is 12.1 Å². The van der Waals surface area contributed by atoms with Gasteiger partial charge in [0.1, 0.15) is 23.1 Å². The molecule has 2 atom stereocenters. The first-order valence-electron chi connectivity index (χ1n) is 14.0. The Morgan fingerprint density at radius 3 is 2.51 bits per heavy atom. The van der Waals surface area contributed by atoms with Crippen LogP contribution in [0.3, 0.4) is 0 Å².